The van der Waals surface area contributed by atoms with Crippen LogP contribution in [0.1, 0.15) is 39.5 Å². The zero-order valence-corrected chi connectivity index (χ0v) is 12.2. The maximum Gasteiger partial charge on any atom is 0.401 e. The van der Waals surface area contributed by atoms with Crippen molar-refractivity contribution in [1.82, 2.24) is 10.2 Å². The summed E-state index contributed by atoms with van der Waals surface area (Å²) in [6.07, 6.45) is -1.13. The lowest BCUT2D eigenvalue weighted by Crippen LogP contribution is -2.43. The Morgan fingerprint density at radius 1 is 1.16 bits per heavy atom. The van der Waals surface area contributed by atoms with Crippen molar-refractivity contribution in [2.24, 2.45) is 0 Å². The van der Waals surface area contributed by atoms with Crippen molar-refractivity contribution in [2.45, 2.75) is 51.2 Å². The van der Waals surface area contributed by atoms with Crippen molar-refractivity contribution in [1.29, 1.82) is 0 Å². The highest BCUT2D eigenvalue weighted by molar-refractivity contribution is 4.80. The fourth-order valence-corrected chi connectivity index (χ4v) is 1.97. The van der Waals surface area contributed by atoms with Gasteiger partial charge in [-0.3, -0.25) is 4.90 Å². The van der Waals surface area contributed by atoms with Crippen molar-refractivity contribution in [3.05, 3.63) is 0 Å². The molecule has 1 atom stereocenters. The Bertz CT molecular complexity index is 230. The Balaban J connectivity index is 3.99. The molecule has 0 bridgehead atoms. The number of aliphatic hydroxyl groups excluding tert-OH is 1. The van der Waals surface area contributed by atoms with Gasteiger partial charge >= 0.3 is 6.18 Å². The van der Waals surface area contributed by atoms with Gasteiger partial charge in [0.25, 0.3) is 0 Å². The van der Waals surface area contributed by atoms with Gasteiger partial charge in [0.15, 0.2) is 0 Å². The molecule has 0 heterocycles. The molecule has 0 radical (unpaired) electrons. The third kappa shape index (κ3) is 9.24. The zero-order valence-electron chi connectivity index (χ0n) is 12.2. The number of nitrogens with one attached hydrogen (secondary N) is 1. The number of unbranched alkanes of at least 4 members (excludes halogenated alkanes) is 1. The zero-order chi connectivity index (χ0) is 14.9. The Labute approximate surface area is 114 Å². The average Bonchev–Trinajstić information content (AvgIpc) is 2.32. The van der Waals surface area contributed by atoms with Crippen molar-refractivity contribution in [3.8, 4) is 0 Å². The smallest absolute Gasteiger partial charge is 0.394 e. The molecule has 0 saturated heterocycles. The van der Waals surface area contributed by atoms with E-state index in [1.54, 1.807) is 7.05 Å². The summed E-state index contributed by atoms with van der Waals surface area (Å²) < 4.78 is 37.1. The molecular formula is C13H27F3N2O. The third-order valence-corrected chi connectivity index (χ3v) is 3.35. The predicted octanol–water partition coefficient (Wildman–Crippen LogP) is 2.40. The minimum absolute atomic E-state index is 0.0325. The molecule has 0 aromatic rings. The lowest BCUT2D eigenvalue weighted by Gasteiger charge is -2.28. The van der Waals surface area contributed by atoms with Gasteiger partial charge in [0, 0.05) is 5.54 Å². The van der Waals surface area contributed by atoms with E-state index in [2.05, 4.69) is 5.32 Å². The molecule has 0 saturated carbocycles. The maximum absolute atomic E-state index is 12.4. The monoisotopic (exact) mass is 284 g/mol. The van der Waals surface area contributed by atoms with E-state index >= 15 is 0 Å². The standard InChI is InChI=1S/C13H27F3N2O/c1-4-8-18(10-13(14,15)16)9-6-5-7-12(2,11-19)17-3/h17,19H,4-11H2,1-3H3. The van der Waals surface area contributed by atoms with Crippen LogP contribution in [0.15, 0.2) is 0 Å². The van der Waals surface area contributed by atoms with E-state index in [1.807, 2.05) is 13.8 Å². The van der Waals surface area contributed by atoms with Crippen molar-refractivity contribution in [3.63, 3.8) is 0 Å². The van der Waals surface area contributed by atoms with Crippen molar-refractivity contribution >= 4 is 0 Å². The van der Waals surface area contributed by atoms with Crippen LogP contribution in [0.4, 0.5) is 13.2 Å². The van der Waals surface area contributed by atoms with Crippen LogP contribution < -0.4 is 5.32 Å². The molecule has 0 aliphatic heterocycles. The molecule has 0 aliphatic carbocycles. The lowest BCUT2D eigenvalue weighted by atomic mass is 9.96. The Morgan fingerprint density at radius 3 is 2.21 bits per heavy atom. The molecule has 0 fully saturated rings. The summed E-state index contributed by atoms with van der Waals surface area (Å²) in [7, 11) is 1.78. The fraction of sp³-hybridized carbons (Fsp3) is 1.00. The van der Waals surface area contributed by atoms with Crippen LogP contribution in [-0.2, 0) is 0 Å². The van der Waals surface area contributed by atoms with Gasteiger partial charge in [0.2, 0.25) is 0 Å². The maximum atomic E-state index is 12.4. The number of aliphatic hydroxyl groups is 1. The van der Waals surface area contributed by atoms with Gasteiger partial charge < -0.3 is 10.4 Å². The molecule has 0 aromatic heterocycles. The summed E-state index contributed by atoms with van der Waals surface area (Å²) in [5.74, 6) is 0. The first-order chi connectivity index (χ1) is 8.76. The molecule has 6 heteroatoms. The summed E-state index contributed by atoms with van der Waals surface area (Å²) in [5.41, 5.74) is -0.334. The minimum Gasteiger partial charge on any atom is -0.394 e. The van der Waals surface area contributed by atoms with Gasteiger partial charge in [-0.15, -0.1) is 0 Å². The van der Waals surface area contributed by atoms with Gasteiger partial charge in [-0.05, 0) is 46.3 Å². The van der Waals surface area contributed by atoms with Crippen LogP contribution in [0.5, 0.6) is 0 Å². The first-order valence-electron chi connectivity index (χ1n) is 6.85. The van der Waals surface area contributed by atoms with Gasteiger partial charge in [-0.1, -0.05) is 13.3 Å². The number of likely N-dealkylation sites (N-methyl/N-ethyl adjacent to an activating group) is 1. The normalized spacial score (nSPS) is 15.8. The third-order valence-electron chi connectivity index (χ3n) is 3.35. The SMILES string of the molecule is CCCN(CCCCC(C)(CO)NC)CC(F)(F)F. The molecule has 0 spiro atoms. The average molecular weight is 284 g/mol. The number of nitrogens with zero attached hydrogens (tertiary/aromatic N) is 1. The van der Waals surface area contributed by atoms with Crippen LogP contribution in [0, 0.1) is 0 Å². The van der Waals surface area contributed by atoms with E-state index in [0.29, 0.717) is 19.5 Å². The molecule has 19 heavy (non-hydrogen) atoms. The quantitative estimate of drug-likeness (QED) is 0.605. The number of alkyl halides is 3. The largest absolute Gasteiger partial charge is 0.401 e. The highest BCUT2D eigenvalue weighted by atomic mass is 19.4. The van der Waals surface area contributed by atoms with E-state index in [0.717, 1.165) is 19.3 Å². The highest BCUT2D eigenvalue weighted by Gasteiger charge is 2.30. The molecule has 1 unspecified atom stereocenters. The fourth-order valence-electron chi connectivity index (χ4n) is 1.97. The molecule has 0 amide bonds. The topological polar surface area (TPSA) is 35.5 Å². The number of hydrogen-bond acceptors (Lipinski definition) is 3. The summed E-state index contributed by atoms with van der Waals surface area (Å²) in [4.78, 5) is 1.45. The Morgan fingerprint density at radius 2 is 1.79 bits per heavy atom. The van der Waals surface area contributed by atoms with Gasteiger partial charge in [0.05, 0.1) is 13.2 Å². The van der Waals surface area contributed by atoms with Gasteiger partial charge in [-0.2, -0.15) is 13.2 Å². The summed E-state index contributed by atoms with van der Waals surface area (Å²) >= 11 is 0. The van der Waals surface area contributed by atoms with Crippen LogP contribution in [-0.4, -0.2) is 55.0 Å². The minimum atomic E-state index is -4.13. The Hall–Kier alpha value is -0.330. The Kier molecular flexibility index (Phi) is 8.61. The van der Waals surface area contributed by atoms with Gasteiger partial charge in [0.1, 0.15) is 0 Å². The van der Waals surface area contributed by atoms with Crippen LogP contribution >= 0.6 is 0 Å². The van der Waals surface area contributed by atoms with Crippen LogP contribution in [0.25, 0.3) is 0 Å². The van der Waals surface area contributed by atoms with E-state index in [1.165, 1.54) is 4.90 Å². The first-order valence-corrected chi connectivity index (χ1v) is 6.85. The summed E-state index contributed by atoms with van der Waals surface area (Å²) in [6.45, 7) is 3.93. The molecular weight excluding hydrogens is 257 g/mol. The van der Waals surface area contributed by atoms with Crippen molar-refractivity contribution < 1.29 is 18.3 Å². The first kappa shape index (κ1) is 18.7. The van der Waals surface area contributed by atoms with Crippen molar-refractivity contribution in [2.75, 3.05) is 33.3 Å². The second-order valence-corrected chi connectivity index (χ2v) is 5.32. The molecule has 0 aliphatic rings. The number of hydrogen-bond donors (Lipinski definition) is 2. The number of rotatable bonds is 10. The van der Waals surface area contributed by atoms with E-state index in [-0.39, 0.29) is 12.1 Å². The second kappa shape index (κ2) is 8.76. The molecule has 0 rings (SSSR count). The van der Waals surface area contributed by atoms with E-state index in [9.17, 15) is 18.3 Å². The summed E-state index contributed by atoms with van der Waals surface area (Å²) in [6, 6.07) is 0. The van der Waals surface area contributed by atoms with Gasteiger partial charge in [-0.25, -0.2) is 0 Å². The lowest BCUT2D eigenvalue weighted by molar-refractivity contribution is -0.146. The summed E-state index contributed by atoms with van der Waals surface area (Å²) in [5, 5.41) is 12.2. The highest BCUT2D eigenvalue weighted by Crippen LogP contribution is 2.18. The number of halogens is 3. The van der Waals surface area contributed by atoms with E-state index in [4.69, 9.17) is 0 Å². The van der Waals surface area contributed by atoms with Crippen LogP contribution in [0.3, 0.4) is 0 Å². The van der Waals surface area contributed by atoms with E-state index < -0.39 is 12.7 Å². The predicted molar refractivity (Wildman–Crippen MR) is 71.2 cm³/mol. The second-order valence-electron chi connectivity index (χ2n) is 5.32. The molecule has 116 valence electrons. The molecule has 0 aromatic carbocycles. The molecule has 3 nitrogen and oxygen atoms in total. The van der Waals surface area contributed by atoms with Crippen LogP contribution in [0.2, 0.25) is 0 Å². The molecule has 2 N–H and O–H groups in total.